The maximum Gasteiger partial charge on any atom is 0.137 e. The molecule has 0 fully saturated rings. The van der Waals surface area contributed by atoms with Crippen LogP contribution in [0, 0.1) is 24.2 Å². The summed E-state index contributed by atoms with van der Waals surface area (Å²) in [6.07, 6.45) is 0. The lowest BCUT2D eigenvalue weighted by molar-refractivity contribution is 0.270. The molecule has 0 aliphatic rings. The van der Waals surface area contributed by atoms with Gasteiger partial charge in [0.05, 0.1) is 12.2 Å². The number of rotatable bonds is 3. The largest absolute Gasteiger partial charge is 0.492 e. The zero-order valence-electron chi connectivity index (χ0n) is 8.87. The van der Waals surface area contributed by atoms with Gasteiger partial charge < -0.3 is 4.74 Å². The van der Waals surface area contributed by atoms with Gasteiger partial charge in [0.25, 0.3) is 0 Å². The van der Waals surface area contributed by atoms with Gasteiger partial charge in [-0.2, -0.15) is 5.26 Å². The lowest BCUT2D eigenvalue weighted by Gasteiger charge is -2.10. The topological polar surface area (TPSA) is 33.0 Å². The number of nitriles is 1. The van der Waals surface area contributed by atoms with Crippen molar-refractivity contribution in [2.24, 2.45) is 5.92 Å². The van der Waals surface area contributed by atoms with E-state index >= 15 is 0 Å². The number of ether oxygens (including phenoxy) is 1. The predicted molar refractivity (Wildman–Crippen MR) is 56.2 cm³/mol. The van der Waals surface area contributed by atoms with Gasteiger partial charge in [-0.15, -0.1) is 0 Å². The van der Waals surface area contributed by atoms with Crippen LogP contribution in [0.5, 0.6) is 5.75 Å². The first kappa shape index (κ1) is 10.6. The summed E-state index contributed by atoms with van der Waals surface area (Å²) in [5.41, 5.74) is 1.61. The minimum atomic E-state index is 0.474. The number of benzene rings is 1. The molecule has 14 heavy (non-hydrogen) atoms. The molecule has 0 saturated carbocycles. The lowest BCUT2D eigenvalue weighted by atomic mass is 10.1. The third-order valence-electron chi connectivity index (χ3n) is 1.92. The van der Waals surface area contributed by atoms with Crippen LogP contribution in [0.1, 0.15) is 25.0 Å². The molecular weight excluding hydrogens is 174 g/mol. The lowest BCUT2D eigenvalue weighted by Crippen LogP contribution is -2.05. The first-order chi connectivity index (χ1) is 6.65. The van der Waals surface area contributed by atoms with Crippen molar-refractivity contribution in [2.45, 2.75) is 20.8 Å². The Morgan fingerprint density at radius 3 is 2.71 bits per heavy atom. The fourth-order valence-corrected chi connectivity index (χ4v) is 1.16. The van der Waals surface area contributed by atoms with Crippen LogP contribution in [0.2, 0.25) is 0 Å². The molecular formula is C12H15NO. The molecule has 1 aromatic rings. The van der Waals surface area contributed by atoms with Crippen LogP contribution in [0.4, 0.5) is 0 Å². The van der Waals surface area contributed by atoms with Crippen molar-refractivity contribution in [3.63, 3.8) is 0 Å². The summed E-state index contributed by atoms with van der Waals surface area (Å²) < 4.78 is 5.55. The van der Waals surface area contributed by atoms with E-state index in [1.54, 1.807) is 0 Å². The van der Waals surface area contributed by atoms with Crippen molar-refractivity contribution >= 4 is 0 Å². The summed E-state index contributed by atoms with van der Waals surface area (Å²) in [6.45, 7) is 6.74. The van der Waals surface area contributed by atoms with E-state index in [2.05, 4.69) is 19.9 Å². The average Bonchev–Trinajstić information content (AvgIpc) is 2.14. The van der Waals surface area contributed by atoms with Crippen LogP contribution in [0.25, 0.3) is 0 Å². The SMILES string of the molecule is Cc1cccc(OCC(C)C)c1C#N. The molecule has 0 aliphatic carbocycles. The van der Waals surface area contributed by atoms with Crippen LogP contribution in [0.15, 0.2) is 18.2 Å². The van der Waals surface area contributed by atoms with Gasteiger partial charge in [-0.1, -0.05) is 26.0 Å². The van der Waals surface area contributed by atoms with E-state index in [1.165, 1.54) is 0 Å². The highest BCUT2D eigenvalue weighted by Crippen LogP contribution is 2.21. The van der Waals surface area contributed by atoms with Crippen LogP contribution >= 0.6 is 0 Å². The molecule has 2 heteroatoms. The van der Waals surface area contributed by atoms with Crippen LogP contribution in [-0.2, 0) is 0 Å². The normalized spacial score (nSPS) is 9.93. The first-order valence-electron chi connectivity index (χ1n) is 4.77. The molecule has 2 nitrogen and oxygen atoms in total. The zero-order chi connectivity index (χ0) is 10.6. The van der Waals surface area contributed by atoms with Crippen molar-refractivity contribution in [1.82, 2.24) is 0 Å². The number of hydrogen-bond acceptors (Lipinski definition) is 2. The fraction of sp³-hybridized carbons (Fsp3) is 0.417. The predicted octanol–water partition coefficient (Wildman–Crippen LogP) is 2.90. The molecule has 0 aromatic heterocycles. The Balaban J connectivity index is 2.87. The molecule has 0 radical (unpaired) electrons. The molecule has 1 rings (SSSR count). The van der Waals surface area contributed by atoms with Crippen LogP contribution in [-0.4, -0.2) is 6.61 Å². The highest BCUT2D eigenvalue weighted by Gasteiger charge is 2.06. The second-order valence-electron chi connectivity index (χ2n) is 3.76. The Kier molecular flexibility index (Phi) is 3.53. The maximum absolute atomic E-state index is 8.93. The Bertz CT molecular complexity index is 350. The number of nitrogens with zero attached hydrogens (tertiary/aromatic N) is 1. The number of aryl methyl sites for hydroxylation is 1. The molecule has 0 heterocycles. The summed E-state index contributed by atoms with van der Waals surface area (Å²) in [6, 6.07) is 7.83. The van der Waals surface area contributed by atoms with Crippen molar-refractivity contribution in [3.8, 4) is 11.8 Å². The van der Waals surface area contributed by atoms with Gasteiger partial charge in [0.15, 0.2) is 0 Å². The van der Waals surface area contributed by atoms with E-state index in [1.807, 2.05) is 25.1 Å². The van der Waals surface area contributed by atoms with Gasteiger partial charge in [-0.25, -0.2) is 0 Å². The van der Waals surface area contributed by atoms with Gasteiger partial charge in [0.2, 0.25) is 0 Å². The molecule has 0 bridgehead atoms. The van der Waals surface area contributed by atoms with E-state index in [0.717, 1.165) is 5.56 Å². The summed E-state index contributed by atoms with van der Waals surface area (Å²) in [5.74, 6) is 1.17. The number of hydrogen-bond donors (Lipinski definition) is 0. The average molecular weight is 189 g/mol. The third-order valence-corrected chi connectivity index (χ3v) is 1.92. The third kappa shape index (κ3) is 2.50. The van der Waals surface area contributed by atoms with Crippen molar-refractivity contribution in [1.29, 1.82) is 5.26 Å². The zero-order valence-corrected chi connectivity index (χ0v) is 8.87. The minimum absolute atomic E-state index is 0.474. The molecule has 1 aromatic carbocycles. The van der Waals surface area contributed by atoms with E-state index in [4.69, 9.17) is 10.00 Å². The second-order valence-corrected chi connectivity index (χ2v) is 3.76. The molecule has 0 amide bonds. The Labute approximate surface area is 85.1 Å². The summed E-state index contributed by atoms with van der Waals surface area (Å²) in [7, 11) is 0. The van der Waals surface area contributed by atoms with E-state index in [-0.39, 0.29) is 0 Å². The van der Waals surface area contributed by atoms with Gasteiger partial charge in [0.1, 0.15) is 11.8 Å². The molecule has 0 saturated heterocycles. The van der Waals surface area contributed by atoms with Gasteiger partial charge >= 0.3 is 0 Å². The Morgan fingerprint density at radius 2 is 2.14 bits per heavy atom. The first-order valence-corrected chi connectivity index (χ1v) is 4.77. The van der Waals surface area contributed by atoms with E-state index < -0.39 is 0 Å². The Hall–Kier alpha value is -1.49. The smallest absolute Gasteiger partial charge is 0.137 e. The van der Waals surface area contributed by atoms with E-state index in [0.29, 0.717) is 23.8 Å². The van der Waals surface area contributed by atoms with Gasteiger partial charge in [-0.05, 0) is 24.5 Å². The quantitative estimate of drug-likeness (QED) is 0.732. The molecule has 0 N–H and O–H groups in total. The standard InChI is InChI=1S/C12H15NO/c1-9(2)8-14-12-6-4-5-10(3)11(12)7-13/h4-6,9H,8H2,1-3H3. The monoisotopic (exact) mass is 189 g/mol. The molecule has 0 aliphatic heterocycles. The fourth-order valence-electron chi connectivity index (χ4n) is 1.16. The molecule has 74 valence electrons. The highest BCUT2D eigenvalue weighted by atomic mass is 16.5. The summed E-state index contributed by atoms with van der Waals surface area (Å²) in [5, 5.41) is 8.93. The van der Waals surface area contributed by atoms with Crippen LogP contribution < -0.4 is 4.74 Å². The van der Waals surface area contributed by atoms with E-state index in [9.17, 15) is 0 Å². The molecule has 0 atom stereocenters. The summed E-state index contributed by atoms with van der Waals surface area (Å²) >= 11 is 0. The Morgan fingerprint density at radius 1 is 1.43 bits per heavy atom. The highest BCUT2D eigenvalue weighted by molar-refractivity contribution is 5.48. The van der Waals surface area contributed by atoms with Gasteiger partial charge in [-0.3, -0.25) is 0 Å². The van der Waals surface area contributed by atoms with Crippen molar-refractivity contribution < 1.29 is 4.74 Å². The molecule has 0 unspecified atom stereocenters. The second kappa shape index (κ2) is 4.66. The maximum atomic E-state index is 8.93. The van der Waals surface area contributed by atoms with Crippen molar-refractivity contribution in [2.75, 3.05) is 6.61 Å². The molecule has 0 spiro atoms. The van der Waals surface area contributed by atoms with Gasteiger partial charge in [0, 0.05) is 0 Å². The van der Waals surface area contributed by atoms with Crippen LogP contribution in [0.3, 0.4) is 0 Å². The summed E-state index contributed by atoms with van der Waals surface area (Å²) in [4.78, 5) is 0. The minimum Gasteiger partial charge on any atom is -0.492 e. The van der Waals surface area contributed by atoms with Crippen molar-refractivity contribution in [3.05, 3.63) is 29.3 Å².